The van der Waals surface area contributed by atoms with Crippen LogP contribution in [0.3, 0.4) is 0 Å². The van der Waals surface area contributed by atoms with E-state index in [0.717, 1.165) is 11.3 Å². The highest BCUT2D eigenvalue weighted by molar-refractivity contribution is 5.83. The first-order chi connectivity index (χ1) is 10.4. The Balaban J connectivity index is 1.63. The zero-order valence-corrected chi connectivity index (χ0v) is 13.4. The van der Waals surface area contributed by atoms with Gasteiger partial charge in [0.15, 0.2) is 0 Å². The van der Waals surface area contributed by atoms with Crippen molar-refractivity contribution in [3.05, 3.63) is 29.8 Å². The number of benzene rings is 1. The predicted octanol–water partition coefficient (Wildman–Crippen LogP) is 1.26. The topological polar surface area (TPSA) is 59.6 Å². The fraction of sp³-hybridized carbons (Fsp3) is 0.588. The van der Waals surface area contributed by atoms with Crippen molar-refractivity contribution in [3.8, 4) is 5.75 Å². The van der Waals surface area contributed by atoms with Crippen molar-refractivity contribution in [1.82, 2.24) is 10.6 Å². The van der Waals surface area contributed by atoms with Gasteiger partial charge in [0.25, 0.3) is 0 Å². The van der Waals surface area contributed by atoms with Crippen LogP contribution in [-0.2, 0) is 16.0 Å². The highest BCUT2D eigenvalue weighted by atomic mass is 16.5. The first-order valence-electron chi connectivity index (χ1n) is 7.76. The second-order valence-corrected chi connectivity index (χ2v) is 7.25. The van der Waals surface area contributed by atoms with Gasteiger partial charge in [-0.3, -0.25) is 10.1 Å². The molecule has 2 saturated heterocycles. The molecule has 2 aliphatic rings. The lowest BCUT2D eigenvalue weighted by atomic mass is 9.91. The van der Waals surface area contributed by atoms with Gasteiger partial charge in [-0.25, -0.2) is 0 Å². The van der Waals surface area contributed by atoms with Crippen LogP contribution in [0.25, 0.3) is 0 Å². The summed E-state index contributed by atoms with van der Waals surface area (Å²) in [6.07, 6.45) is 0.670. The normalized spacial score (nSPS) is 23.8. The summed E-state index contributed by atoms with van der Waals surface area (Å²) in [5.41, 5.74) is 0.850. The molecular formula is C17H24N2O3. The van der Waals surface area contributed by atoms with E-state index in [1.54, 1.807) is 0 Å². The van der Waals surface area contributed by atoms with Gasteiger partial charge in [-0.15, -0.1) is 0 Å². The van der Waals surface area contributed by atoms with Crippen molar-refractivity contribution in [2.24, 2.45) is 0 Å². The molecule has 22 heavy (non-hydrogen) atoms. The summed E-state index contributed by atoms with van der Waals surface area (Å²) in [6, 6.07) is 7.77. The number of carbonyl (C=O) groups excluding carboxylic acids is 1. The summed E-state index contributed by atoms with van der Waals surface area (Å²) in [5.74, 6) is 0.911. The molecular weight excluding hydrogens is 280 g/mol. The van der Waals surface area contributed by atoms with Gasteiger partial charge in [0.2, 0.25) is 5.91 Å². The quantitative estimate of drug-likeness (QED) is 0.883. The molecule has 0 saturated carbocycles. The van der Waals surface area contributed by atoms with Crippen LogP contribution >= 0.6 is 0 Å². The van der Waals surface area contributed by atoms with Crippen molar-refractivity contribution >= 4 is 5.91 Å². The summed E-state index contributed by atoms with van der Waals surface area (Å²) in [7, 11) is 0. The number of ether oxygens (including phenoxy) is 2. The zero-order valence-electron chi connectivity index (χ0n) is 13.4. The lowest BCUT2D eigenvalue weighted by Gasteiger charge is -2.47. The maximum absolute atomic E-state index is 12.0. The molecule has 1 spiro atoms. The van der Waals surface area contributed by atoms with Crippen molar-refractivity contribution in [2.75, 3.05) is 19.8 Å². The highest BCUT2D eigenvalue weighted by Crippen LogP contribution is 2.22. The first kappa shape index (κ1) is 15.3. The van der Waals surface area contributed by atoms with Crippen molar-refractivity contribution in [3.63, 3.8) is 0 Å². The molecule has 1 aromatic carbocycles. The molecule has 0 aliphatic carbocycles. The van der Waals surface area contributed by atoms with Crippen molar-refractivity contribution < 1.29 is 14.3 Å². The average molecular weight is 304 g/mol. The number of piperazine rings is 1. The van der Waals surface area contributed by atoms with Crippen LogP contribution in [0.2, 0.25) is 0 Å². The van der Waals surface area contributed by atoms with E-state index in [1.807, 2.05) is 45.0 Å². The van der Waals surface area contributed by atoms with Gasteiger partial charge in [-0.1, -0.05) is 12.1 Å². The summed E-state index contributed by atoms with van der Waals surface area (Å²) < 4.78 is 11.1. The molecule has 2 aliphatic heterocycles. The van der Waals surface area contributed by atoms with E-state index in [-0.39, 0.29) is 23.1 Å². The van der Waals surface area contributed by atoms with Gasteiger partial charge >= 0.3 is 0 Å². The van der Waals surface area contributed by atoms with Gasteiger partial charge in [-0.05, 0) is 44.9 Å². The summed E-state index contributed by atoms with van der Waals surface area (Å²) >= 11 is 0. The second-order valence-electron chi connectivity index (χ2n) is 7.25. The van der Waals surface area contributed by atoms with E-state index >= 15 is 0 Å². The Labute approximate surface area is 131 Å². The van der Waals surface area contributed by atoms with E-state index in [0.29, 0.717) is 26.2 Å². The van der Waals surface area contributed by atoms with E-state index < -0.39 is 0 Å². The first-order valence-corrected chi connectivity index (χ1v) is 7.76. The molecule has 0 radical (unpaired) electrons. The van der Waals surface area contributed by atoms with E-state index in [9.17, 15) is 4.79 Å². The minimum absolute atomic E-state index is 0.0616. The SMILES string of the molecule is CC(C)(C)Oc1ccc(C[C@H]2NC3(CNC2=O)COC3)cc1. The zero-order chi connectivity index (χ0) is 15.8. The molecule has 0 aromatic heterocycles. The Morgan fingerprint density at radius 3 is 2.50 bits per heavy atom. The highest BCUT2D eigenvalue weighted by Gasteiger charge is 2.45. The second kappa shape index (κ2) is 5.56. The molecule has 0 bridgehead atoms. The Kier molecular flexibility index (Phi) is 3.87. The minimum Gasteiger partial charge on any atom is -0.488 e. The number of carbonyl (C=O) groups is 1. The van der Waals surface area contributed by atoms with Gasteiger partial charge in [0.1, 0.15) is 11.4 Å². The molecule has 0 unspecified atom stereocenters. The summed E-state index contributed by atoms with van der Waals surface area (Å²) in [5, 5.41) is 6.43. The van der Waals surface area contributed by atoms with Crippen LogP contribution in [0.5, 0.6) is 5.75 Å². The molecule has 1 atom stereocenters. The molecule has 5 heteroatoms. The third-order valence-electron chi connectivity index (χ3n) is 3.94. The van der Waals surface area contributed by atoms with Gasteiger partial charge in [0, 0.05) is 6.54 Å². The summed E-state index contributed by atoms with van der Waals surface area (Å²) in [6.45, 7) is 8.07. The molecule has 3 rings (SSSR count). The maximum Gasteiger partial charge on any atom is 0.237 e. The molecule has 2 N–H and O–H groups in total. The molecule has 2 fully saturated rings. The average Bonchev–Trinajstić information content (AvgIpc) is 2.40. The standard InChI is InChI=1S/C17H24N2O3/c1-16(2,3)22-13-6-4-12(5-7-13)8-14-15(20)18-9-17(19-14)10-21-11-17/h4-7,14,19H,8-11H2,1-3H3,(H,18,20)/t14-/m1/s1. The monoisotopic (exact) mass is 304 g/mol. The lowest BCUT2D eigenvalue weighted by Crippen LogP contribution is -2.74. The van der Waals surface area contributed by atoms with Crippen LogP contribution in [0.15, 0.2) is 24.3 Å². The molecule has 1 aromatic rings. The van der Waals surface area contributed by atoms with Crippen molar-refractivity contribution in [1.29, 1.82) is 0 Å². The third-order valence-corrected chi connectivity index (χ3v) is 3.94. The van der Waals surface area contributed by atoms with Crippen molar-refractivity contribution in [2.45, 2.75) is 44.4 Å². The summed E-state index contributed by atoms with van der Waals surface area (Å²) in [4.78, 5) is 12.0. The van der Waals surface area contributed by atoms with Crippen LogP contribution < -0.4 is 15.4 Å². The number of amides is 1. The van der Waals surface area contributed by atoms with E-state index in [1.165, 1.54) is 0 Å². The smallest absolute Gasteiger partial charge is 0.237 e. The Bertz CT molecular complexity index is 544. The van der Waals surface area contributed by atoms with Gasteiger partial charge in [0.05, 0.1) is 24.8 Å². The fourth-order valence-electron chi connectivity index (χ4n) is 2.83. The van der Waals surface area contributed by atoms with Crippen LogP contribution in [0, 0.1) is 0 Å². The molecule has 1 amide bonds. The van der Waals surface area contributed by atoms with Crippen LogP contribution in [-0.4, -0.2) is 42.8 Å². The lowest BCUT2D eigenvalue weighted by molar-refractivity contribution is -0.136. The van der Waals surface area contributed by atoms with Gasteiger partial charge in [-0.2, -0.15) is 0 Å². The Hall–Kier alpha value is -1.59. The van der Waals surface area contributed by atoms with E-state index in [2.05, 4.69) is 10.6 Å². The number of hydrogen-bond donors (Lipinski definition) is 2. The largest absolute Gasteiger partial charge is 0.488 e. The Morgan fingerprint density at radius 2 is 1.95 bits per heavy atom. The molecule has 120 valence electrons. The maximum atomic E-state index is 12.0. The predicted molar refractivity (Wildman–Crippen MR) is 84.0 cm³/mol. The number of nitrogens with one attached hydrogen (secondary N) is 2. The Morgan fingerprint density at radius 1 is 1.27 bits per heavy atom. The number of rotatable bonds is 3. The molecule has 5 nitrogen and oxygen atoms in total. The number of hydrogen-bond acceptors (Lipinski definition) is 4. The van der Waals surface area contributed by atoms with Gasteiger partial charge < -0.3 is 14.8 Å². The molecule has 2 heterocycles. The van der Waals surface area contributed by atoms with E-state index in [4.69, 9.17) is 9.47 Å². The fourth-order valence-corrected chi connectivity index (χ4v) is 2.83. The van der Waals surface area contributed by atoms with Crippen LogP contribution in [0.1, 0.15) is 26.3 Å². The minimum atomic E-state index is -0.205. The third kappa shape index (κ3) is 3.42. The van der Waals surface area contributed by atoms with Crippen LogP contribution in [0.4, 0.5) is 0 Å².